The molecule has 3 aromatic heterocycles. The molecule has 0 saturated carbocycles. The number of rotatable bonds is 9. The van der Waals surface area contributed by atoms with Crippen LogP contribution < -0.4 is 15.4 Å². The predicted molar refractivity (Wildman–Crippen MR) is 139 cm³/mol. The van der Waals surface area contributed by atoms with Gasteiger partial charge in [0.25, 0.3) is 0 Å². The summed E-state index contributed by atoms with van der Waals surface area (Å²) in [5.41, 5.74) is 12.3. The standard InChI is InChI=1S/C25H26N10O4/c1-14-8-9-17(38-11-15-6-4-3-5-7-15)16(32-14)10-28-22-19-23(30-12-29-22)35(13-31-19)25-20(36)18(33-34-26)21(39-25)24(37)27-2/h3-9,12-13,18,20-21,25,36H,10-11H2,1-2H3,(H,27,37)(H,28,29,30)/t18-,20+,21-,25+/m0/s1. The molecule has 200 valence electrons. The van der Waals surface area contributed by atoms with Gasteiger partial charge < -0.3 is 25.2 Å². The van der Waals surface area contributed by atoms with Crippen LogP contribution in [0.5, 0.6) is 5.75 Å². The molecule has 14 nitrogen and oxygen atoms in total. The van der Waals surface area contributed by atoms with Crippen molar-refractivity contribution in [2.24, 2.45) is 5.11 Å². The number of fused-ring (bicyclic) bond motifs is 1. The highest BCUT2D eigenvalue weighted by Gasteiger charge is 2.48. The van der Waals surface area contributed by atoms with Gasteiger partial charge in [-0.1, -0.05) is 35.4 Å². The number of benzene rings is 1. The minimum atomic E-state index is -1.31. The molecule has 4 heterocycles. The molecular weight excluding hydrogens is 504 g/mol. The van der Waals surface area contributed by atoms with Gasteiger partial charge in [0.05, 0.1) is 12.9 Å². The summed E-state index contributed by atoms with van der Waals surface area (Å²) >= 11 is 0. The topological polar surface area (TPSA) is 185 Å². The first-order chi connectivity index (χ1) is 19.0. The smallest absolute Gasteiger partial charge is 0.249 e. The average Bonchev–Trinajstić information content (AvgIpc) is 3.53. The molecule has 0 bridgehead atoms. The van der Waals surface area contributed by atoms with Gasteiger partial charge in [0.1, 0.15) is 42.6 Å². The Bertz CT molecular complexity index is 1520. The lowest BCUT2D eigenvalue weighted by Crippen LogP contribution is -2.40. The molecule has 1 amide bonds. The number of amides is 1. The van der Waals surface area contributed by atoms with Crippen LogP contribution in [0.4, 0.5) is 5.82 Å². The lowest BCUT2D eigenvalue weighted by Gasteiger charge is -2.17. The third-order valence-electron chi connectivity index (χ3n) is 6.29. The molecule has 1 aromatic carbocycles. The van der Waals surface area contributed by atoms with Crippen molar-refractivity contribution in [2.45, 2.75) is 44.6 Å². The largest absolute Gasteiger partial charge is 0.487 e. The Morgan fingerprint density at radius 2 is 2.05 bits per heavy atom. The Kier molecular flexibility index (Phi) is 7.50. The third kappa shape index (κ3) is 5.29. The van der Waals surface area contributed by atoms with Crippen LogP contribution in [0.3, 0.4) is 0 Å². The summed E-state index contributed by atoms with van der Waals surface area (Å²) in [6, 6.07) is 12.5. The van der Waals surface area contributed by atoms with Gasteiger partial charge in [-0.25, -0.2) is 15.0 Å². The SMILES string of the molecule is CNC(=O)[C@H]1O[C@@H](n2cnc3c(NCc4nc(C)ccc4OCc4ccccc4)ncnc32)[C@H](O)[C@@H]1N=[N+]=[N-]. The number of hydrogen-bond acceptors (Lipinski definition) is 10. The lowest BCUT2D eigenvalue weighted by atomic mass is 10.1. The van der Waals surface area contributed by atoms with Gasteiger partial charge >= 0.3 is 0 Å². The normalized spacial score (nSPS) is 20.4. The number of azide groups is 1. The summed E-state index contributed by atoms with van der Waals surface area (Å²) in [5, 5.41) is 20.1. The van der Waals surface area contributed by atoms with E-state index in [2.05, 4.69) is 40.6 Å². The van der Waals surface area contributed by atoms with Gasteiger partial charge in [0.2, 0.25) is 5.91 Å². The number of hydrogen-bond donors (Lipinski definition) is 3. The van der Waals surface area contributed by atoms with Crippen LogP contribution in [0.2, 0.25) is 0 Å². The predicted octanol–water partition coefficient (Wildman–Crippen LogP) is 2.40. The minimum Gasteiger partial charge on any atom is -0.487 e. The molecule has 1 aliphatic heterocycles. The molecule has 1 fully saturated rings. The fourth-order valence-corrected chi connectivity index (χ4v) is 4.36. The Morgan fingerprint density at radius 1 is 1.23 bits per heavy atom. The zero-order valence-corrected chi connectivity index (χ0v) is 21.2. The van der Waals surface area contributed by atoms with Crippen molar-refractivity contribution in [2.75, 3.05) is 12.4 Å². The molecular formula is C25H26N10O4. The summed E-state index contributed by atoms with van der Waals surface area (Å²) in [6.45, 7) is 2.60. The molecule has 14 heteroatoms. The minimum absolute atomic E-state index is 0.297. The monoisotopic (exact) mass is 530 g/mol. The maximum Gasteiger partial charge on any atom is 0.249 e. The van der Waals surface area contributed by atoms with Gasteiger partial charge in [-0.15, -0.1) is 0 Å². The van der Waals surface area contributed by atoms with Gasteiger partial charge in [-0.05, 0) is 30.2 Å². The molecule has 0 radical (unpaired) electrons. The molecule has 39 heavy (non-hydrogen) atoms. The number of pyridine rings is 1. The van der Waals surface area contributed by atoms with Crippen LogP contribution >= 0.6 is 0 Å². The zero-order chi connectivity index (χ0) is 27.4. The quantitative estimate of drug-likeness (QED) is 0.166. The first-order valence-corrected chi connectivity index (χ1v) is 12.1. The highest BCUT2D eigenvalue weighted by atomic mass is 16.5. The van der Waals surface area contributed by atoms with E-state index in [0.717, 1.165) is 11.3 Å². The second kappa shape index (κ2) is 11.3. The summed E-state index contributed by atoms with van der Waals surface area (Å²) < 4.78 is 13.3. The summed E-state index contributed by atoms with van der Waals surface area (Å²) in [5.74, 6) is 0.545. The molecule has 3 N–H and O–H groups in total. The number of imidazole rings is 1. The first kappa shape index (κ1) is 25.9. The Labute approximate surface area is 222 Å². The van der Waals surface area contributed by atoms with E-state index in [1.54, 1.807) is 0 Å². The van der Waals surface area contributed by atoms with E-state index in [9.17, 15) is 9.90 Å². The molecule has 5 rings (SSSR count). The van der Waals surface area contributed by atoms with Crippen LogP contribution in [0.15, 0.2) is 60.2 Å². The van der Waals surface area contributed by atoms with E-state index in [1.807, 2.05) is 49.4 Å². The molecule has 0 aliphatic carbocycles. The molecule has 4 atom stereocenters. The number of anilines is 1. The van der Waals surface area contributed by atoms with Crippen molar-refractivity contribution in [3.8, 4) is 5.75 Å². The van der Waals surface area contributed by atoms with Crippen molar-refractivity contribution < 1.29 is 19.4 Å². The van der Waals surface area contributed by atoms with Crippen molar-refractivity contribution in [3.63, 3.8) is 0 Å². The number of aromatic nitrogens is 5. The van der Waals surface area contributed by atoms with Gasteiger partial charge in [-0.2, -0.15) is 0 Å². The fourth-order valence-electron chi connectivity index (χ4n) is 4.36. The molecule has 4 aromatic rings. The van der Waals surface area contributed by atoms with Crippen LogP contribution in [0.25, 0.3) is 21.6 Å². The van der Waals surface area contributed by atoms with Crippen LogP contribution in [0, 0.1) is 6.92 Å². The number of carbonyl (C=O) groups excluding carboxylic acids is 1. The van der Waals surface area contributed by atoms with E-state index in [4.69, 9.17) is 15.0 Å². The number of ether oxygens (including phenoxy) is 2. The van der Waals surface area contributed by atoms with Crippen LogP contribution in [0.1, 0.15) is 23.2 Å². The fraction of sp³-hybridized carbons (Fsp3) is 0.320. The van der Waals surface area contributed by atoms with Crippen LogP contribution in [-0.2, 0) is 22.7 Å². The maximum atomic E-state index is 12.3. The molecule has 1 saturated heterocycles. The van der Waals surface area contributed by atoms with Crippen molar-refractivity contribution in [1.29, 1.82) is 0 Å². The van der Waals surface area contributed by atoms with E-state index < -0.39 is 30.4 Å². The number of likely N-dealkylation sites (N-methyl/N-ethyl adjacent to an activating group) is 1. The number of aliphatic hydroxyl groups excluding tert-OH is 1. The number of aliphatic hydroxyl groups is 1. The van der Waals surface area contributed by atoms with Crippen molar-refractivity contribution >= 4 is 22.9 Å². The summed E-state index contributed by atoms with van der Waals surface area (Å²) in [6.07, 6.45) is -0.775. The number of nitrogens with zero attached hydrogens (tertiary/aromatic N) is 8. The second-order valence-electron chi connectivity index (χ2n) is 8.82. The second-order valence-corrected chi connectivity index (χ2v) is 8.82. The van der Waals surface area contributed by atoms with E-state index in [-0.39, 0.29) is 0 Å². The van der Waals surface area contributed by atoms with Gasteiger partial charge in [-0.3, -0.25) is 14.3 Å². The van der Waals surface area contributed by atoms with Gasteiger partial charge in [0.15, 0.2) is 23.2 Å². The van der Waals surface area contributed by atoms with E-state index in [1.165, 1.54) is 24.3 Å². The van der Waals surface area contributed by atoms with Crippen molar-refractivity contribution in [1.82, 2.24) is 29.8 Å². The first-order valence-electron chi connectivity index (χ1n) is 12.1. The maximum absolute atomic E-state index is 12.3. The Hall–Kier alpha value is -4.78. The number of aryl methyl sites for hydroxylation is 1. The summed E-state index contributed by atoms with van der Waals surface area (Å²) in [4.78, 5) is 32.7. The highest BCUT2D eigenvalue weighted by Crippen LogP contribution is 2.34. The van der Waals surface area contributed by atoms with Crippen molar-refractivity contribution in [3.05, 3.63) is 82.5 Å². The van der Waals surface area contributed by atoms with E-state index >= 15 is 0 Å². The van der Waals surface area contributed by atoms with Crippen LogP contribution in [-0.4, -0.2) is 60.8 Å². The molecule has 1 aliphatic rings. The third-order valence-corrected chi connectivity index (χ3v) is 6.29. The average molecular weight is 531 g/mol. The van der Waals surface area contributed by atoms with E-state index in [0.29, 0.717) is 41.6 Å². The molecule has 0 spiro atoms. The number of carbonyl (C=O) groups is 1. The van der Waals surface area contributed by atoms with Gasteiger partial charge in [0, 0.05) is 17.7 Å². The molecule has 0 unspecified atom stereocenters. The highest BCUT2D eigenvalue weighted by molar-refractivity contribution is 5.83. The zero-order valence-electron chi connectivity index (χ0n) is 21.2. The Morgan fingerprint density at radius 3 is 2.82 bits per heavy atom. The Balaban J connectivity index is 1.37. The summed E-state index contributed by atoms with van der Waals surface area (Å²) in [7, 11) is 1.43. The number of nitrogens with one attached hydrogen (secondary N) is 2. The lowest BCUT2D eigenvalue weighted by molar-refractivity contribution is -0.134.